The Morgan fingerprint density at radius 1 is 0.784 bits per heavy atom. The lowest BCUT2D eigenvalue weighted by Gasteiger charge is -2.35. The first-order valence-corrected chi connectivity index (χ1v) is 12.2. The van der Waals surface area contributed by atoms with E-state index in [9.17, 15) is 24.5 Å². The number of hydrogen-bond donors (Lipinski definition) is 0. The number of imide groups is 1. The molecule has 8 heteroatoms. The van der Waals surface area contributed by atoms with Crippen LogP contribution < -0.4 is 4.90 Å². The topological polar surface area (TPSA) is 97.6 Å². The van der Waals surface area contributed by atoms with Crippen LogP contribution in [-0.4, -0.2) is 22.5 Å². The van der Waals surface area contributed by atoms with Gasteiger partial charge in [-0.3, -0.25) is 24.5 Å². The molecular formula is C29H21ClN2O5. The number of Topliss-reactive ketones (excluding diaryl/α,β-unsaturated/α-hetero) is 1. The maximum atomic E-state index is 14.3. The lowest BCUT2D eigenvalue weighted by molar-refractivity contribution is -0.384. The van der Waals surface area contributed by atoms with Gasteiger partial charge in [-0.1, -0.05) is 72.3 Å². The lowest BCUT2D eigenvalue weighted by atomic mass is 9.63. The van der Waals surface area contributed by atoms with E-state index in [-0.39, 0.29) is 22.2 Å². The zero-order valence-electron chi connectivity index (χ0n) is 20.0. The lowest BCUT2D eigenvalue weighted by Crippen LogP contribution is -2.40. The quantitative estimate of drug-likeness (QED) is 0.258. The molecule has 0 spiro atoms. The highest BCUT2D eigenvalue weighted by Crippen LogP contribution is 2.73. The van der Waals surface area contributed by atoms with Gasteiger partial charge in [0.2, 0.25) is 11.8 Å². The fourth-order valence-corrected chi connectivity index (χ4v) is 7.04. The highest BCUT2D eigenvalue weighted by atomic mass is 35.5. The Hall–Kier alpha value is -4.10. The Bertz CT molecular complexity index is 1480. The smallest absolute Gasteiger partial charge is 0.271 e. The van der Waals surface area contributed by atoms with Gasteiger partial charge < -0.3 is 0 Å². The maximum absolute atomic E-state index is 14.3. The molecule has 184 valence electrons. The van der Waals surface area contributed by atoms with Gasteiger partial charge in [-0.05, 0) is 42.2 Å². The molecule has 1 heterocycles. The van der Waals surface area contributed by atoms with Crippen LogP contribution in [0.2, 0.25) is 5.02 Å². The van der Waals surface area contributed by atoms with E-state index < -0.39 is 39.4 Å². The summed E-state index contributed by atoms with van der Waals surface area (Å²) in [5.74, 6) is -3.24. The molecule has 6 rings (SSSR count). The van der Waals surface area contributed by atoms with Crippen molar-refractivity contribution in [3.8, 4) is 0 Å². The molecule has 0 unspecified atom stereocenters. The summed E-state index contributed by atoms with van der Waals surface area (Å²) >= 11 is 6.36. The highest BCUT2D eigenvalue weighted by Gasteiger charge is 2.79. The van der Waals surface area contributed by atoms with Crippen LogP contribution in [0.25, 0.3) is 11.1 Å². The number of nitro benzene ring substituents is 1. The molecule has 7 nitrogen and oxygen atoms in total. The van der Waals surface area contributed by atoms with Crippen LogP contribution in [0, 0.1) is 32.8 Å². The number of carbonyl (C=O) groups excluding carboxylic acids is 3. The Balaban J connectivity index is 1.61. The number of allylic oxidation sites excluding steroid dienone is 2. The van der Waals surface area contributed by atoms with E-state index in [1.54, 1.807) is 13.8 Å². The van der Waals surface area contributed by atoms with Crippen LogP contribution in [0.4, 0.5) is 11.4 Å². The van der Waals surface area contributed by atoms with Crippen LogP contribution in [0.15, 0.2) is 78.9 Å². The maximum Gasteiger partial charge on any atom is 0.271 e. The second-order valence-electron chi connectivity index (χ2n) is 10.1. The highest BCUT2D eigenvalue weighted by molar-refractivity contribution is 6.38. The third-order valence-corrected chi connectivity index (χ3v) is 8.61. The number of nitro groups is 1. The minimum absolute atomic E-state index is 0.0400. The molecule has 37 heavy (non-hydrogen) atoms. The minimum atomic E-state index is -1.28. The molecule has 1 saturated carbocycles. The van der Waals surface area contributed by atoms with Crippen LogP contribution in [0.5, 0.6) is 0 Å². The monoisotopic (exact) mass is 512 g/mol. The van der Waals surface area contributed by atoms with Gasteiger partial charge >= 0.3 is 0 Å². The van der Waals surface area contributed by atoms with E-state index >= 15 is 0 Å². The predicted octanol–water partition coefficient (Wildman–Crippen LogP) is 5.57. The Morgan fingerprint density at radius 2 is 1.24 bits per heavy atom. The molecule has 0 radical (unpaired) electrons. The van der Waals surface area contributed by atoms with Crippen LogP contribution >= 0.6 is 11.6 Å². The Morgan fingerprint density at radius 3 is 1.68 bits per heavy atom. The van der Waals surface area contributed by atoms with Crippen molar-refractivity contribution in [1.29, 1.82) is 0 Å². The third-order valence-electron chi connectivity index (χ3n) is 8.29. The zero-order chi connectivity index (χ0) is 26.3. The van der Waals surface area contributed by atoms with Gasteiger partial charge in [0.15, 0.2) is 5.78 Å². The number of ketones is 1. The Labute approximate surface area is 217 Å². The van der Waals surface area contributed by atoms with Gasteiger partial charge in [-0.15, -0.1) is 0 Å². The molecule has 1 aliphatic heterocycles. The van der Waals surface area contributed by atoms with Crippen molar-refractivity contribution in [2.24, 2.45) is 22.7 Å². The predicted molar refractivity (Wildman–Crippen MR) is 138 cm³/mol. The zero-order valence-corrected chi connectivity index (χ0v) is 20.7. The summed E-state index contributed by atoms with van der Waals surface area (Å²) < 4.78 is 0. The van der Waals surface area contributed by atoms with Gasteiger partial charge in [0.1, 0.15) is 0 Å². The van der Waals surface area contributed by atoms with E-state index in [0.717, 1.165) is 33.2 Å². The fraction of sp³-hybridized carbons (Fsp3) is 0.207. The summed E-state index contributed by atoms with van der Waals surface area (Å²) in [6.07, 6.45) is 0. The molecule has 2 bridgehead atoms. The summed E-state index contributed by atoms with van der Waals surface area (Å²) in [4.78, 5) is 54.1. The number of hydrogen-bond acceptors (Lipinski definition) is 5. The van der Waals surface area contributed by atoms with E-state index in [1.165, 1.54) is 12.1 Å². The Kier molecular flexibility index (Phi) is 4.85. The van der Waals surface area contributed by atoms with E-state index in [4.69, 9.17) is 11.6 Å². The first-order valence-electron chi connectivity index (χ1n) is 11.9. The summed E-state index contributed by atoms with van der Waals surface area (Å²) in [6.45, 7) is 3.50. The molecule has 2 aliphatic carbocycles. The summed E-state index contributed by atoms with van der Waals surface area (Å²) in [7, 11) is 0. The number of carbonyl (C=O) groups is 3. The molecule has 1 saturated heterocycles. The molecule has 0 aromatic heterocycles. The molecular weight excluding hydrogens is 492 g/mol. The SMILES string of the molecule is C[C@]12C(=O)[C@](C)(C(c3ccccc3)=C1c1ccccc1)[C@H]1C(=O)N(c3cc([N+](=O)[O-])ccc3Cl)C(=O)[C@@H]12. The first-order chi connectivity index (χ1) is 17.6. The van der Waals surface area contributed by atoms with Gasteiger partial charge in [0.05, 0.1) is 38.3 Å². The second kappa shape index (κ2) is 7.70. The van der Waals surface area contributed by atoms with Crippen molar-refractivity contribution in [1.82, 2.24) is 0 Å². The fourth-order valence-electron chi connectivity index (χ4n) is 6.83. The molecule has 0 N–H and O–H groups in total. The number of rotatable bonds is 4. The van der Waals surface area contributed by atoms with Crippen molar-refractivity contribution in [3.63, 3.8) is 0 Å². The van der Waals surface area contributed by atoms with Crippen molar-refractivity contribution in [2.45, 2.75) is 13.8 Å². The molecule has 3 aromatic carbocycles. The minimum Gasteiger partial charge on any atom is -0.298 e. The molecule has 2 fully saturated rings. The van der Waals surface area contributed by atoms with Crippen LogP contribution in [-0.2, 0) is 14.4 Å². The normalized spacial score (nSPS) is 28.3. The van der Waals surface area contributed by atoms with Crippen molar-refractivity contribution in [2.75, 3.05) is 4.90 Å². The number of halogens is 1. The van der Waals surface area contributed by atoms with Crippen molar-refractivity contribution in [3.05, 3.63) is 105 Å². The van der Waals surface area contributed by atoms with Crippen molar-refractivity contribution < 1.29 is 19.3 Å². The number of anilines is 1. The summed E-state index contributed by atoms with van der Waals surface area (Å²) in [6, 6.07) is 22.6. The van der Waals surface area contributed by atoms with Gasteiger partial charge in [-0.25, -0.2) is 4.90 Å². The van der Waals surface area contributed by atoms with Crippen LogP contribution in [0.3, 0.4) is 0 Å². The number of amides is 2. The van der Waals surface area contributed by atoms with Gasteiger partial charge in [-0.2, -0.15) is 0 Å². The summed E-state index contributed by atoms with van der Waals surface area (Å²) in [5, 5.41) is 11.5. The number of nitrogens with zero attached hydrogens (tertiary/aromatic N) is 2. The summed E-state index contributed by atoms with van der Waals surface area (Å²) in [5.41, 5.74) is 0.213. The average molecular weight is 513 g/mol. The number of fused-ring (bicyclic) bond motifs is 5. The van der Waals surface area contributed by atoms with Gasteiger partial charge in [0.25, 0.3) is 5.69 Å². The first kappa shape index (κ1) is 23.3. The molecule has 4 atom stereocenters. The standard InChI is InChI=1S/C29H21ClN2O5/c1-28-21(16-9-5-3-6-10-16)22(17-11-7-4-8-12-17)29(2,27(28)35)24-23(28)25(33)31(26(24)34)20-15-18(32(36)37)13-14-19(20)30/h3-15,23-24H,1-2H3/t23-,24-,28-,29+/m1/s1. The van der Waals surface area contributed by atoms with E-state index in [0.29, 0.717) is 0 Å². The second-order valence-corrected chi connectivity index (χ2v) is 10.5. The van der Waals surface area contributed by atoms with Gasteiger partial charge in [0, 0.05) is 12.1 Å². The van der Waals surface area contributed by atoms with Crippen LogP contribution in [0.1, 0.15) is 25.0 Å². The number of non-ortho nitro benzene ring substituents is 1. The molecule has 3 aliphatic rings. The largest absolute Gasteiger partial charge is 0.298 e. The third kappa shape index (κ3) is 2.80. The van der Waals surface area contributed by atoms with E-state index in [2.05, 4.69) is 0 Å². The molecule has 3 aromatic rings. The average Bonchev–Trinajstić information content (AvgIpc) is 3.34. The van der Waals surface area contributed by atoms with E-state index in [1.807, 2.05) is 60.7 Å². The van der Waals surface area contributed by atoms with Crippen molar-refractivity contribution >= 4 is 51.7 Å². The molecule has 2 amide bonds. The number of benzene rings is 3.